The minimum Gasteiger partial charge on any atom is -0.408 e. The van der Waals surface area contributed by atoms with E-state index < -0.39 is 0 Å². The summed E-state index contributed by atoms with van der Waals surface area (Å²) in [5, 5.41) is 3.08. The molecule has 0 radical (unpaired) electrons. The van der Waals surface area contributed by atoms with E-state index in [0.717, 1.165) is 22.6 Å². The van der Waals surface area contributed by atoms with Crippen molar-refractivity contribution in [2.45, 2.75) is 19.9 Å². The second-order valence-corrected chi connectivity index (χ2v) is 4.95. The van der Waals surface area contributed by atoms with Crippen LogP contribution in [0.3, 0.4) is 0 Å². The zero-order chi connectivity index (χ0) is 12.5. The van der Waals surface area contributed by atoms with Gasteiger partial charge in [0.05, 0.1) is 22.8 Å². The van der Waals surface area contributed by atoms with Crippen molar-refractivity contribution in [3.63, 3.8) is 0 Å². The van der Waals surface area contributed by atoms with Crippen molar-refractivity contribution in [2.24, 2.45) is 0 Å². The lowest BCUT2D eigenvalue weighted by molar-refractivity contribution is 0.516. The molecule has 3 aromatic rings. The van der Waals surface area contributed by atoms with Gasteiger partial charge in [-0.1, -0.05) is 19.1 Å². The van der Waals surface area contributed by atoms with Gasteiger partial charge in [-0.05, 0) is 18.6 Å². The van der Waals surface area contributed by atoms with E-state index in [1.165, 1.54) is 0 Å². The number of hydrogen-bond donors (Lipinski definition) is 0. The molecule has 0 fully saturated rings. The second kappa shape index (κ2) is 4.42. The lowest BCUT2D eigenvalue weighted by Crippen LogP contribution is -2.15. The first-order valence-electron chi connectivity index (χ1n) is 5.79. The van der Waals surface area contributed by atoms with Gasteiger partial charge in [0, 0.05) is 5.38 Å². The van der Waals surface area contributed by atoms with Gasteiger partial charge in [-0.3, -0.25) is 4.57 Å². The van der Waals surface area contributed by atoms with E-state index >= 15 is 0 Å². The number of para-hydroxylation sites is 2. The van der Waals surface area contributed by atoms with E-state index in [4.69, 9.17) is 4.42 Å². The van der Waals surface area contributed by atoms with Gasteiger partial charge in [0.15, 0.2) is 5.58 Å². The molecule has 92 valence electrons. The Bertz CT molecular complexity index is 739. The van der Waals surface area contributed by atoms with Crippen LogP contribution in [0.25, 0.3) is 11.1 Å². The fourth-order valence-electron chi connectivity index (χ4n) is 1.91. The monoisotopic (exact) mass is 260 g/mol. The Morgan fingerprint density at radius 3 is 3.00 bits per heavy atom. The van der Waals surface area contributed by atoms with Gasteiger partial charge in [-0.15, -0.1) is 11.3 Å². The highest BCUT2D eigenvalue weighted by molar-refractivity contribution is 7.09. The van der Waals surface area contributed by atoms with Crippen LogP contribution in [-0.2, 0) is 13.0 Å². The Hall–Kier alpha value is -1.88. The van der Waals surface area contributed by atoms with E-state index in [9.17, 15) is 4.79 Å². The number of aromatic nitrogens is 2. The molecule has 1 aromatic carbocycles. The first kappa shape index (κ1) is 11.2. The van der Waals surface area contributed by atoms with E-state index in [1.807, 2.05) is 23.6 Å². The molecule has 0 aliphatic carbocycles. The van der Waals surface area contributed by atoms with E-state index in [0.29, 0.717) is 12.1 Å². The lowest BCUT2D eigenvalue weighted by Gasteiger charge is -1.98. The molecule has 0 unspecified atom stereocenters. The number of benzene rings is 1. The normalized spacial score (nSPS) is 11.2. The molecular formula is C13H12N2O2S. The van der Waals surface area contributed by atoms with Crippen molar-refractivity contribution < 1.29 is 4.42 Å². The maximum absolute atomic E-state index is 11.8. The zero-order valence-electron chi connectivity index (χ0n) is 9.92. The number of thiazole rings is 1. The molecule has 0 atom stereocenters. The summed E-state index contributed by atoms with van der Waals surface area (Å²) < 4.78 is 6.80. The van der Waals surface area contributed by atoms with Crippen LogP contribution in [0.4, 0.5) is 0 Å². The molecule has 2 heterocycles. The van der Waals surface area contributed by atoms with Crippen LogP contribution < -0.4 is 5.76 Å². The van der Waals surface area contributed by atoms with Gasteiger partial charge in [-0.2, -0.15) is 0 Å². The standard InChI is InChI=1S/C13H12N2O2S/c1-2-12-14-9(8-18-12)7-15-10-5-3-4-6-11(10)17-13(15)16/h3-6,8H,2,7H2,1H3. The Kier molecular flexibility index (Phi) is 2.76. The van der Waals surface area contributed by atoms with Gasteiger partial charge in [0.2, 0.25) is 0 Å². The highest BCUT2D eigenvalue weighted by atomic mass is 32.1. The molecule has 0 spiro atoms. The van der Waals surface area contributed by atoms with Crippen molar-refractivity contribution in [1.82, 2.24) is 9.55 Å². The third-order valence-electron chi connectivity index (χ3n) is 2.80. The summed E-state index contributed by atoms with van der Waals surface area (Å²) >= 11 is 1.63. The lowest BCUT2D eigenvalue weighted by atomic mass is 10.3. The van der Waals surface area contributed by atoms with Crippen LogP contribution in [0.5, 0.6) is 0 Å². The van der Waals surface area contributed by atoms with Crippen LogP contribution in [0.2, 0.25) is 0 Å². The fourth-order valence-corrected chi connectivity index (χ4v) is 2.65. The summed E-state index contributed by atoms with van der Waals surface area (Å²) in [6, 6.07) is 7.43. The van der Waals surface area contributed by atoms with Crippen LogP contribution in [0.1, 0.15) is 17.6 Å². The number of nitrogens with zero attached hydrogens (tertiary/aromatic N) is 2. The number of aryl methyl sites for hydroxylation is 1. The van der Waals surface area contributed by atoms with E-state index in [1.54, 1.807) is 22.0 Å². The van der Waals surface area contributed by atoms with Gasteiger partial charge in [0.1, 0.15) is 0 Å². The minimum absolute atomic E-state index is 0.331. The molecule has 2 aromatic heterocycles. The molecule has 0 aliphatic heterocycles. The SMILES string of the molecule is CCc1nc(Cn2c(=O)oc3ccccc32)cs1. The molecule has 3 rings (SSSR count). The van der Waals surface area contributed by atoms with Crippen LogP contribution in [0, 0.1) is 0 Å². The van der Waals surface area contributed by atoms with Crippen molar-refractivity contribution in [1.29, 1.82) is 0 Å². The minimum atomic E-state index is -0.331. The first-order chi connectivity index (χ1) is 8.78. The van der Waals surface area contributed by atoms with Gasteiger partial charge in [-0.25, -0.2) is 9.78 Å². The summed E-state index contributed by atoms with van der Waals surface area (Å²) in [5.41, 5.74) is 2.34. The maximum atomic E-state index is 11.8. The second-order valence-electron chi connectivity index (χ2n) is 4.01. The Labute approximate surface area is 108 Å². The summed E-state index contributed by atoms with van der Waals surface area (Å²) in [6.07, 6.45) is 0.922. The summed E-state index contributed by atoms with van der Waals surface area (Å²) in [6.45, 7) is 2.54. The highest BCUT2D eigenvalue weighted by Gasteiger charge is 2.10. The Morgan fingerprint density at radius 2 is 2.22 bits per heavy atom. The highest BCUT2D eigenvalue weighted by Crippen LogP contribution is 2.15. The molecule has 0 saturated carbocycles. The molecule has 18 heavy (non-hydrogen) atoms. The summed E-state index contributed by atoms with van der Waals surface area (Å²) in [5.74, 6) is -0.331. The molecule has 0 saturated heterocycles. The van der Waals surface area contributed by atoms with Crippen LogP contribution in [-0.4, -0.2) is 9.55 Å². The average molecular weight is 260 g/mol. The van der Waals surface area contributed by atoms with Crippen molar-refractivity contribution in [3.05, 3.63) is 50.9 Å². The summed E-state index contributed by atoms with van der Waals surface area (Å²) in [4.78, 5) is 16.3. The molecule has 5 heteroatoms. The van der Waals surface area contributed by atoms with Gasteiger partial charge in [0.25, 0.3) is 0 Å². The molecular weight excluding hydrogens is 248 g/mol. The third-order valence-corrected chi connectivity index (χ3v) is 3.84. The van der Waals surface area contributed by atoms with Crippen molar-refractivity contribution in [2.75, 3.05) is 0 Å². The quantitative estimate of drug-likeness (QED) is 0.727. The summed E-state index contributed by atoms with van der Waals surface area (Å²) in [7, 11) is 0. The number of oxazole rings is 1. The average Bonchev–Trinajstić information content (AvgIpc) is 2.96. The van der Waals surface area contributed by atoms with E-state index in [-0.39, 0.29) is 5.76 Å². The van der Waals surface area contributed by atoms with Crippen molar-refractivity contribution in [3.8, 4) is 0 Å². The van der Waals surface area contributed by atoms with Crippen LogP contribution in [0.15, 0.2) is 38.9 Å². The number of fused-ring (bicyclic) bond motifs is 1. The molecule has 0 aliphatic rings. The fraction of sp³-hybridized carbons (Fsp3) is 0.231. The van der Waals surface area contributed by atoms with Crippen LogP contribution >= 0.6 is 11.3 Å². The number of rotatable bonds is 3. The Morgan fingerprint density at radius 1 is 1.39 bits per heavy atom. The smallest absolute Gasteiger partial charge is 0.408 e. The largest absolute Gasteiger partial charge is 0.420 e. The van der Waals surface area contributed by atoms with Gasteiger partial charge >= 0.3 is 5.76 Å². The van der Waals surface area contributed by atoms with Gasteiger partial charge < -0.3 is 4.42 Å². The van der Waals surface area contributed by atoms with E-state index in [2.05, 4.69) is 11.9 Å². The Balaban J connectivity index is 2.04. The topological polar surface area (TPSA) is 48.0 Å². The molecule has 0 N–H and O–H groups in total. The molecule has 0 amide bonds. The maximum Gasteiger partial charge on any atom is 0.420 e. The first-order valence-corrected chi connectivity index (χ1v) is 6.67. The number of hydrogen-bond acceptors (Lipinski definition) is 4. The molecule has 0 bridgehead atoms. The zero-order valence-corrected chi connectivity index (χ0v) is 10.7. The molecule has 4 nitrogen and oxygen atoms in total. The predicted molar refractivity (Wildman–Crippen MR) is 71.1 cm³/mol. The predicted octanol–water partition coefficient (Wildman–Crippen LogP) is 2.66. The van der Waals surface area contributed by atoms with Crippen molar-refractivity contribution >= 4 is 22.4 Å². The third kappa shape index (κ3) is 1.86.